The van der Waals surface area contributed by atoms with Gasteiger partial charge < -0.3 is 10.3 Å². The lowest BCUT2D eigenvalue weighted by molar-refractivity contribution is 0.0940. The van der Waals surface area contributed by atoms with Gasteiger partial charge in [-0.05, 0) is 6.42 Å². The lowest BCUT2D eigenvalue weighted by atomic mass is 10.1. The molecule has 0 aliphatic carbocycles. The van der Waals surface area contributed by atoms with E-state index in [9.17, 15) is 9.59 Å². The maximum Gasteiger partial charge on any atom is 0.270 e. The molecule has 1 aliphatic rings. The van der Waals surface area contributed by atoms with Gasteiger partial charge in [0.05, 0.1) is 5.56 Å². The van der Waals surface area contributed by atoms with Crippen LogP contribution in [-0.2, 0) is 6.42 Å². The molecule has 2 heterocycles. The second-order valence-corrected chi connectivity index (χ2v) is 4.11. The Morgan fingerprint density at radius 3 is 2.67 bits per heavy atom. The molecule has 5 heteroatoms. The Morgan fingerprint density at radius 2 is 1.89 bits per heavy atom. The molecule has 2 aromatic rings. The number of hydrogen-bond acceptors (Lipinski definition) is 3. The summed E-state index contributed by atoms with van der Waals surface area (Å²) in [5.74, 6) is 0.149. The lowest BCUT2D eigenvalue weighted by Gasteiger charge is -2.15. The van der Waals surface area contributed by atoms with Crippen molar-refractivity contribution in [2.45, 2.75) is 6.42 Å². The van der Waals surface area contributed by atoms with Crippen LogP contribution in [0.25, 0.3) is 11.4 Å². The van der Waals surface area contributed by atoms with Crippen molar-refractivity contribution in [1.82, 2.24) is 15.3 Å². The predicted octanol–water partition coefficient (Wildman–Crippen LogP) is 0.723. The van der Waals surface area contributed by atoms with Gasteiger partial charge >= 0.3 is 0 Å². The Balaban J connectivity index is 2.20. The van der Waals surface area contributed by atoms with Crippen LogP contribution < -0.4 is 10.9 Å². The molecule has 0 saturated carbocycles. The predicted molar refractivity (Wildman–Crippen MR) is 66.3 cm³/mol. The molecule has 0 radical (unpaired) electrons. The summed E-state index contributed by atoms with van der Waals surface area (Å²) in [6, 6.07) is 9.27. The molecule has 0 saturated heterocycles. The van der Waals surface area contributed by atoms with Crippen LogP contribution in [0.15, 0.2) is 35.1 Å². The molecule has 1 amide bonds. The molecular formula is C13H11N3O2. The average molecular weight is 241 g/mol. The molecular weight excluding hydrogens is 230 g/mol. The fourth-order valence-electron chi connectivity index (χ4n) is 2.03. The number of aromatic amines is 1. The highest BCUT2D eigenvalue weighted by Gasteiger charge is 2.22. The summed E-state index contributed by atoms with van der Waals surface area (Å²) >= 11 is 0. The van der Waals surface area contributed by atoms with E-state index >= 15 is 0 Å². The molecule has 2 N–H and O–H groups in total. The van der Waals surface area contributed by atoms with E-state index in [2.05, 4.69) is 15.3 Å². The Hall–Kier alpha value is -2.43. The number of aromatic nitrogens is 2. The van der Waals surface area contributed by atoms with Gasteiger partial charge in [0.15, 0.2) is 0 Å². The highest BCUT2D eigenvalue weighted by Crippen LogP contribution is 2.15. The van der Waals surface area contributed by atoms with Crippen LogP contribution in [0.3, 0.4) is 0 Å². The Morgan fingerprint density at radius 1 is 1.11 bits per heavy atom. The van der Waals surface area contributed by atoms with Gasteiger partial charge in [0, 0.05) is 12.1 Å². The third kappa shape index (κ3) is 1.69. The summed E-state index contributed by atoms with van der Waals surface area (Å²) in [7, 11) is 0. The van der Waals surface area contributed by atoms with Crippen molar-refractivity contribution < 1.29 is 4.79 Å². The van der Waals surface area contributed by atoms with Crippen LogP contribution in [0.1, 0.15) is 16.1 Å². The minimum Gasteiger partial charge on any atom is -0.350 e. The molecule has 1 aromatic heterocycles. The van der Waals surface area contributed by atoms with Crippen molar-refractivity contribution in [2.75, 3.05) is 6.54 Å². The highest BCUT2D eigenvalue weighted by atomic mass is 16.2. The number of fused-ring (bicyclic) bond motifs is 1. The van der Waals surface area contributed by atoms with Gasteiger partial charge in [-0.3, -0.25) is 9.59 Å². The number of carbonyl (C=O) groups excluding carboxylic acids is 1. The van der Waals surface area contributed by atoms with Crippen molar-refractivity contribution >= 4 is 5.91 Å². The van der Waals surface area contributed by atoms with Gasteiger partial charge in [0.25, 0.3) is 11.5 Å². The number of rotatable bonds is 1. The third-order valence-corrected chi connectivity index (χ3v) is 2.94. The Kier molecular flexibility index (Phi) is 2.44. The number of amides is 1. The average Bonchev–Trinajstić information content (AvgIpc) is 2.41. The van der Waals surface area contributed by atoms with E-state index in [1.165, 1.54) is 0 Å². The second kappa shape index (κ2) is 4.10. The lowest BCUT2D eigenvalue weighted by Crippen LogP contribution is -2.37. The highest BCUT2D eigenvalue weighted by molar-refractivity contribution is 5.95. The van der Waals surface area contributed by atoms with Crippen LogP contribution in [0.4, 0.5) is 0 Å². The van der Waals surface area contributed by atoms with Crippen molar-refractivity contribution in [3.8, 4) is 11.4 Å². The van der Waals surface area contributed by atoms with E-state index in [1.807, 2.05) is 30.3 Å². The zero-order valence-corrected chi connectivity index (χ0v) is 9.56. The van der Waals surface area contributed by atoms with Crippen LogP contribution in [-0.4, -0.2) is 22.4 Å². The number of hydrogen-bond donors (Lipinski definition) is 2. The first-order valence-electron chi connectivity index (χ1n) is 5.72. The van der Waals surface area contributed by atoms with Crippen molar-refractivity contribution in [3.63, 3.8) is 0 Å². The van der Waals surface area contributed by atoms with Gasteiger partial charge in [-0.25, -0.2) is 4.98 Å². The van der Waals surface area contributed by atoms with Gasteiger partial charge in [-0.2, -0.15) is 0 Å². The van der Waals surface area contributed by atoms with E-state index in [1.54, 1.807) is 0 Å². The second-order valence-electron chi connectivity index (χ2n) is 4.11. The molecule has 18 heavy (non-hydrogen) atoms. The molecule has 0 bridgehead atoms. The zero-order valence-electron chi connectivity index (χ0n) is 9.56. The molecule has 90 valence electrons. The summed E-state index contributed by atoms with van der Waals surface area (Å²) in [4.78, 5) is 30.6. The van der Waals surface area contributed by atoms with Crippen molar-refractivity contribution in [2.24, 2.45) is 0 Å². The summed E-state index contributed by atoms with van der Waals surface area (Å²) < 4.78 is 0. The minimum atomic E-state index is -0.278. The topological polar surface area (TPSA) is 74.8 Å². The van der Waals surface area contributed by atoms with E-state index < -0.39 is 0 Å². The van der Waals surface area contributed by atoms with Gasteiger partial charge in [-0.1, -0.05) is 30.3 Å². The van der Waals surface area contributed by atoms with Crippen LogP contribution in [0.2, 0.25) is 0 Å². The Labute approximate surface area is 103 Å². The Bertz CT molecular complexity index is 662. The minimum absolute atomic E-state index is 0.228. The molecule has 0 fully saturated rings. The molecule has 0 atom stereocenters. The zero-order chi connectivity index (χ0) is 12.5. The van der Waals surface area contributed by atoms with Gasteiger partial charge in [0.1, 0.15) is 11.5 Å². The van der Waals surface area contributed by atoms with Gasteiger partial charge in [-0.15, -0.1) is 0 Å². The number of nitrogens with one attached hydrogen (secondary N) is 2. The molecule has 1 aliphatic heterocycles. The monoisotopic (exact) mass is 241 g/mol. The summed E-state index contributed by atoms with van der Waals surface area (Å²) in [6.07, 6.45) is 0.526. The normalized spacial score (nSPS) is 13.9. The first kappa shape index (κ1) is 10.7. The molecule has 3 rings (SSSR count). The fourth-order valence-corrected chi connectivity index (χ4v) is 2.03. The quantitative estimate of drug-likeness (QED) is 0.772. The SMILES string of the molecule is O=C1NCCc2c1nc(-c1ccccc1)[nH]c2=O. The van der Waals surface area contributed by atoms with Crippen LogP contribution in [0, 0.1) is 0 Å². The van der Waals surface area contributed by atoms with Crippen molar-refractivity contribution in [3.05, 3.63) is 51.9 Å². The third-order valence-electron chi connectivity index (χ3n) is 2.94. The summed E-state index contributed by atoms with van der Waals surface area (Å²) in [6.45, 7) is 0.487. The summed E-state index contributed by atoms with van der Waals surface area (Å²) in [5.41, 5.74) is 1.27. The number of benzene rings is 1. The smallest absolute Gasteiger partial charge is 0.270 e. The number of nitrogens with zero attached hydrogens (tertiary/aromatic N) is 1. The maximum atomic E-state index is 11.9. The molecule has 0 spiro atoms. The maximum absolute atomic E-state index is 11.9. The largest absolute Gasteiger partial charge is 0.350 e. The van der Waals surface area contributed by atoms with Crippen LogP contribution >= 0.6 is 0 Å². The molecule has 0 unspecified atom stereocenters. The van der Waals surface area contributed by atoms with Gasteiger partial charge in [0.2, 0.25) is 0 Å². The number of carbonyl (C=O) groups is 1. The van der Waals surface area contributed by atoms with Crippen LogP contribution in [0.5, 0.6) is 0 Å². The first-order valence-corrected chi connectivity index (χ1v) is 5.72. The first-order chi connectivity index (χ1) is 8.75. The van der Waals surface area contributed by atoms with E-state index in [4.69, 9.17) is 0 Å². The summed E-state index contributed by atoms with van der Waals surface area (Å²) in [5, 5.41) is 2.69. The fraction of sp³-hybridized carbons (Fsp3) is 0.154. The standard InChI is InChI=1S/C13H11N3O2/c17-12-9-6-7-14-13(18)10(9)15-11(16-12)8-4-2-1-3-5-8/h1-5H,6-7H2,(H,14,18)(H,15,16,17). The molecule has 5 nitrogen and oxygen atoms in total. The molecule has 1 aromatic carbocycles. The van der Waals surface area contributed by atoms with Crippen molar-refractivity contribution in [1.29, 1.82) is 0 Å². The van der Waals surface area contributed by atoms with E-state index in [-0.39, 0.29) is 17.2 Å². The van der Waals surface area contributed by atoms with E-state index in [0.717, 1.165) is 5.56 Å². The van der Waals surface area contributed by atoms with E-state index in [0.29, 0.717) is 24.4 Å². The number of H-pyrrole nitrogens is 1.